The van der Waals surface area contributed by atoms with Gasteiger partial charge < -0.3 is 5.32 Å². The van der Waals surface area contributed by atoms with Crippen molar-refractivity contribution in [3.8, 4) is 0 Å². The van der Waals surface area contributed by atoms with Crippen LogP contribution in [-0.4, -0.2) is 11.0 Å². The summed E-state index contributed by atoms with van der Waals surface area (Å²) < 4.78 is 1.08. The highest BCUT2D eigenvalue weighted by atomic mass is 32.1. The lowest BCUT2D eigenvalue weighted by molar-refractivity contribution is 0.262. The Bertz CT molecular complexity index is 798. The van der Waals surface area contributed by atoms with Crippen molar-refractivity contribution in [1.82, 2.24) is 4.98 Å². The zero-order chi connectivity index (χ0) is 15.7. The number of thiazole rings is 1. The molecular weight excluding hydrogens is 294 g/mol. The maximum absolute atomic E-state index is 12.0. The zero-order valence-electron chi connectivity index (χ0n) is 12.7. The van der Waals surface area contributed by atoms with Crippen LogP contribution in [0.5, 0.6) is 0 Å². The van der Waals surface area contributed by atoms with Crippen molar-refractivity contribution in [3.63, 3.8) is 0 Å². The fraction of sp³-hybridized carbons (Fsp3) is 0.176. The molecule has 1 heterocycles. The third-order valence-corrected chi connectivity index (χ3v) is 4.47. The van der Waals surface area contributed by atoms with Gasteiger partial charge in [0, 0.05) is 5.69 Å². The van der Waals surface area contributed by atoms with Crippen LogP contribution in [0.4, 0.5) is 15.6 Å². The third-order valence-electron chi connectivity index (χ3n) is 3.53. The van der Waals surface area contributed by atoms with Gasteiger partial charge >= 0.3 is 6.03 Å². The molecule has 3 aromatic rings. The van der Waals surface area contributed by atoms with Crippen molar-refractivity contribution in [2.75, 3.05) is 10.6 Å². The molecule has 2 aromatic carbocycles. The summed E-state index contributed by atoms with van der Waals surface area (Å²) in [6.45, 7) is 6.14. The van der Waals surface area contributed by atoms with Gasteiger partial charge in [0.05, 0.1) is 10.2 Å². The van der Waals surface area contributed by atoms with Crippen molar-refractivity contribution < 1.29 is 4.79 Å². The summed E-state index contributed by atoms with van der Waals surface area (Å²) in [5.74, 6) is 0. The largest absolute Gasteiger partial charge is 0.325 e. The summed E-state index contributed by atoms with van der Waals surface area (Å²) in [6.07, 6.45) is 0. The average Bonchev–Trinajstić information content (AvgIpc) is 2.83. The minimum atomic E-state index is -0.281. The summed E-state index contributed by atoms with van der Waals surface area (Å²) >= 11 is 1.48. The van der Waals surface area contributed by atoms with E-state index in [-0.39, 0.29) is 6.03 Å². The first-order chi connectivity index (χ1) is 10.5. The second-order valence-electron chi connectivity index (χ2n) is 5.37. The number of carbonyl (C=O) groups is 1. The molecule has 4 nitrogen and oxygen atoms in total. The Hall–Kier alpha value is -2.40. The molecule has 2 amide bonds. The van der Waals surface area contributed by atoms with E-state index < -0.39 is 0 Å². The number of benzene rings is 2. The Morgan fingerprint density at radius 2 is 1.68 bits per heavy atom. The van der Waals surface area contributed by atoms with E-state index >= 15 is 0 Å². The fourth-order valence-electron chi connectivity index (χ4n) is 2.13. The molecule has 0 atom stereocenters. The van der Waals surface area contributed by atoms with Crippen molar-refractivity contribution >= 4 is 38.4 Å². The molecule has 2 N–H and O–H groups in total. The summed E-state index contributed by atoms with van der Waals surface area (Å²) in [6, 6.07) is 11.5. The number of nitrogens with zero attached hydrogens (tertiary/aromatic N) is 1. The van der Waals surface area contributed by atoms with E-state index in [1.165, 1.54) is 22.5 Å². The van der Waals surface area contributed by atoms with Crippen LogP contribution in [0, 0.1) is 20.8 Å². The van der Waals surface area contributed by atoms with E-state index in [2.05, 4.69) is 35.5 Å². The van der Waals surface area contributed by atoms with Gasteiger partial charge in [-0.25, -0.2) is 9.78 Å². The number of nitrogens with one attached hydrogen (secondary N) is 2. The number of aromatic nitrogens is 1. The van der Waals surface area contributed by atoms with Gasteiger partial charge in [-0.05, 0) is 56.2 Å². The van der Waals surface area contributed by atoms with Crippen LogP contribution in [-0.2, 0) is 0 Å². The molecule has 0 aliphatic rings. The van der Waals surface area contributed by atoms with Crippen LogP contribution >= 0.6 is 11.3 Å². The average molecular weight is 311 g/mol. The van der Waals surface area contributed by atoms with E-state index in [1.807, 2.05) is 37.3 Å². The molecule has 0 spiro atoms. The van der Waals surface area contributed by atoms with E-state index in [4.69, 9.17) is 0 Å². The maximum atomic E-state index is 12.0. The minimum absolute atomic E-state index is 0.281. The first-order valence-electron chi connectivity index (χ1n) is 7.04. The Morgan fingerprint density at radius 3 is 2.41 bits per heavy atom. The van der Waals surface area contributed by atoms with Crippen molar-refractivity contribution in [1.29, 1.82) is 0 Å². The van der Waals surface area contributed by atoms with Gasteiger partial charge in [-0.3, -0.25) is 5.32 Å². The number of aryl methyl sites for hydroxylation is 3. The monoisotopic (exact) mass is 311 g/mol. The first-order valence-corrected chi connectivity index (χ1v) is 7.85. The van der Waals surface area contributed by atoms with E-state index in [1.54, 1.807) is 0 Å². The highest BCUT2D eigenvalue weighted by molar-refractivity contribution is 7.22. The Morgan fingerprint density at radius 1 is 1.00 bits per heavy atom. The maximum Gasteiger partial charge on any atom is 0.325 e. The molecule has 3 rings (SSSR count). The van der Waals surface area contributed by atoms with Gasteiger partial charge in [0.2, 0.25) is 0 Å². The standard InChI is InChI=1S/C17H17N3OS/c1-10-4-6-13(7-5-10)18-16(21)20-17-19-14-8-11(2)12(3)9-15(14)22-17/h4-9H,1-3H3,(H2,18,19,20,21). The number of carbonyl (C=O) groups excluding carboxylic acids is 1. The normalized spacial score (nSPS) is 10.7. The molecule has 0 aliphatic heterocycles. The predicted octanol–water partition coefficient (Wildman–Crippen LogP) is 4.87. The van der Waals surface area contributed by atoms with E-state index in [0.29, 0.717) is 5.13 Å². The zero-order valence-corrected chi connectivity index (χ0v) is 13.5. The topological polar surface area (TPSA) is 54.0 Å². The summed E-state index contributed by atoms with van der Waals surface area (Å²) in [5.41, 5.74) is 5.26. The minimum Gasteiger partial charge on any atom is -0.308 e. The SMILES string of the molecule is Cc1ccc(NC(=O)Nc2nc3cc(C)c(C)cc3s2)cc1. The summed E-state index contributed by atoms with van der Waals surface area (Å²) in [4.78, 5) is 16.5. The Labute approximate surface area is 133 Å². The molecule has 0 unspecified atom stereocenters. The first kappa shape index (κ1) is 14.5. The molecule has 0 aliphatic carbocycles. The molecule has 1 aromatic heterocycles. The van der Waals surface area contributed by atoms with Gasteiger partial charge in [0.15, 0.2) is 5.13 Å². The smallest absolute Gasteiger partial charge is 0.308 e. The van der Waals surface area contributed by atoms with Crippen molar-refractivity contribution in [2.45, 2.75) is 20.8 Å². The number of hydrogen-bond donors (Lipinski definition) is 2. The molecule has 0 fully saturated rings. The van der Waals surface area contributed by atoms with Crippen molar-refractivity contribution in [3.05, 3.63) is 53.1 Å². The van der Waals surface area contributed by atoms with Crippen LogP contribution in [0.3, 0.4) is 0 Å². The number of hydrogen-bond acceptors (Lipinski definition) is 3. The molecule has 0 bridgehead atoms. The molecule has 22 heavy (non-hydrogen) atoms. The predicted molar refractivity (Wildman–Crippen MR) is 92.9 cm³/mol. The van der Waals surface area contributed by atoms with E-state index in [0.717, 1.165) is 21.5 Å². The van der Waals surface area contributed by atoms with Crippen LogP contribution in [0.15, 0.2) is 36.4 Å². The number of urea groups is 1. The third kappa shape index (κ3) is 3.09. The van der Waals surface area contributed by atoms with Gasteiger partial charge in [-0.15, -0.1) is 0 Å². The van der Waals surface area contributed by atoms with Crippen molar-refractivity contribution in [2.24, 2.45) is 0 Å². The molecule has 0 saturated heterocycles. The molecular formula is C17H17N3OS. The number of amides is 2. The number of rotatable bonds is 2. The lowest BCUT2D eigenvalue weighted by atomic mass is 10.1. The van der Waals surface area contributed by atoms with Gasteiger partial charge in [-0.2, -0.15) is 0 Å². The summed E-state index contributed by atoms with van der Waals surface area (Å²) in [5, 5.41) is 6.19. The van der Waals surface area contributed by atoms with Gasteiger partial charge in [0.1, 0.15) is 0 Å². The second kappa shape index (κ2) is 5.77. The van der Waals surface area contributed by atoms with E-state index in [9.17, 15) is 4.79 Å². The van der Waals surface area contributed by atoms with Crippen LogP contribution in [0.2, 0.25) is 0 Å². The van der Waals surface area contributed by atoms with Crippen LogP contribution < -0.4 is 10.6 Å². The molecule has 112 valence electrons. The molecule has 0 radical (unpaired) electrons. The van der Waals surface area contributed by atoms with Gasteiger partial charge in [0.25, 0.3) is 0 Å². The quantitative estimate of drug-likeness (QED) is 0.709. The molecule has 5 heteroatoms. The summed E-state index contributed by atoms with van der Waals surface area (Å²) in [7, 11) is 0. The lowest BCUT2D eigenvalue weighted by Crippen LogP contribution is -2.19. The van der Waals surface area contributed by atoms with Crippen LogP contribution in [0.1, 0.15) is 16.7 Å². The second-order valence-corrected chi connectivity index (χ2v) is 6.40. The highest BCUT2D eigenvalue weighted by Gasteiger charge is 2.09. The van der Waals surface area contributed by atoms with Crippen LogP contribution in [0.25, 0.3) is 10.2 Å². The van der Waals surface area contributed by atoms with Gasteiger partial charge in [-0.1, -0.05) is 29.0 Å². The highest BCUT2D eigenvalue weighted by Crippen LogP contribution is 2.28. The number of anilines is 2. The molecule has 0 saturated carbocycles. The Balaban J connectivity index is 1.75. The lowest BCUT2D eigenvalue weighted by Gasteiger charge is -2.05. The Kier molecular flexibility index (Phi) is 3.81. The fourth-order valence-corrected chi connectivity index (χ4v) is 3.07. The number of fused-ring (bicyclic) bond motifs is 1.